The van der Waals surface area contributed by atoms with E-state index in [9.17, 15) is 9.59 Å². The van der Waals surface area contributed by atoms with Crippen molar-refractivity contribution in [2.75, 3.05) is 0 Å². The van der Waals surface area contributed by atoms with Crippen molar-refractivity contribution in [3.05, 3.63) is 41.7 Å². The minimum absolute atomic E-state index is 0.0849. The zero-order valence-electron chi connectivity index (χ0n) is 12.8. The van der Waals surface area contributed by atoms with E-state index in [1.807, 2.05) is 22.8 Å². The Kier molecular flexibility index (Phi) is 4.31. The molecule has 2 aromatic rings. The Morgan fingerprint density at radius 2 is 2.13 bits per heavy atom. The number of carbonyl (C=O) groups is 2. The zero-order chi connectivity index (χ0) is 16.2. The molecule has 8 heteroatoms. The van der Waals surface area contributed by atoms with Gasteiger partial charge in [0.2, 0.25) is 11.8 Å². The lowest BCUT2D eigenvalue weighted by Crippen LogP contribution is -2.32. The first kappa shape index (κ1) is 15.1. The topological polar surface area (TPSA) is 102 Å². The second kappa shape index (κ2) is 6.55. The molecule has 1 atom stereocenters. The van der Waals surface area contributed by atoms with E-state index in [4.69, 9.17) is 0 Å². The molecule has 0 bridgehead atoms. The predicted molar refractivity (Wildman–Crippen MR) is 81.0 cm³/mol. The van der Waals surface area contributed by atoms with E-state index in [1.54, 1.807) is 6.20 Å². The summed E-state index contributed by atoms with van der Waals surface area (Å²) < 4.78 is 1.82. The first-order chi connectivity index (χ1) is 11.1. The molecule has 0 fully saturated rings. The highest BCUT2D eigenvalue weighted by Crippen LogP contribution is 2.26. The molecule has 0 aliphatic carbocycles. The third-order valence-corrected chi connectivity index (χ3v) is 3.76. The molecule has 0 radical (unpaired) electrons. The highest BCUT2D eigenvalue weighted by Gasteiger charge is 2.32. The lowest BCUT2D eigenvalue weighted by molar-refractivity contribution is -0.124. The summed E-state index contributed by atoms with van der Waals surface area (Å²) in [7, 11) is 0. The molecule has 23 heavy (non-hydrogen) atoms. The van der Waals surface area contributed by atoms with E-state index in [1.165, 1.54) is 6.92 Å². The van der Waals surface area contributed by atoms with E-state index in [0.29, 0.717) is 25.2 Å². The van der Waals surface area contributed by atoms with Crippen LogP contribution in [0.5, 0.6) is 0 Å². The molecule has 3 rings (SSSR count). The van der Waals surface area contributed by atoms with E-state index in [-0.39, 0.29) is 24.4 Å². The van der Waals surface area contributed by atoms with Gasteiger partial charge in [0.1, 0.15) is 11.9 Å². The number of hydrogen-bond acceptors (Lipinski definition) is 5. The first-order valence-electron chi connectivity index (χ1n) is 7.50. The van der Waals surface area contributed by atoms with Gasteiger partial charge in [0.15, 0.2) is 5.82 Å². The highest BCUT2D eigenvalue weighted by molar-refractivity contribution is 5.80. The molecule has 120 valence electrons. The molecule has 0 saturated heterocycles. The van der Waals surface area contributed by atoms with Crippen LogP contribution in [0.3, 0.4) is 0 Å². The Morgan fingerprint density at radius 1 is 1.26 bits per heavy atom. The van der Waals surface area contributed by atoms with Crippen LogP contribution in [-0.4, -0.2) is 31.6 Å². The zero-order valence-corrected chi connectivity index (χ0v) is 12.8. The van der Waals surface area contributed by atoms with Gasteiger partial charge in [0.05, 0.1) is 18.8 Å². The fourth-order valence-electron chi connectivity index (χ4n) is 2.66. The molecule has 3 heterocycles. The molecule has 2 N–H and O–H groups in total. The van der Waals surface area contributed by atoms with Gasteiger partial charge in [0.25, 0.3) is 0 Å². The molecular formula is C15H18N6O2. The molecule has 0 saturated carbocycles. The number of nitrogens with one attached hydrogen (secondary N) is 2. The number of aryl methyl sites for hydroxylation is 1. The Morgan fingerprint density at radius 3 is 2.87 bits per heavy atom. The maximum atomic E-state index is 12.5. The summed E-state index contributed by atoms with van der Waals surface area (Å²) >= 11 is 0. The van der Waals surface area contributed by atoms with Crippen LogP contribution in [-0.2, 0) is 29.1 Å². The molecule has 2 aromatic heterocycles. The Bertz CT molecular complexity index is 712. The van der Waals surface area contributed by atoms with Gasteiger partial charge in [-0.15, -0.1) is 10.2 Å². The Hall–Kier alpha value is -2.77. The molecule has 1 aliphatic heterocycles. The second-order valence-corrected chi connectivity index (χ2v) is 5.41. The lowest BCUT2D eigenvalue weighted by Gasteiger charge is -2.15. The first-order valence-corrected chi connectivity index (χ1v) is 7.50. The summed E-state index contributed by atoms with van der Waals surface area (Å²) in [6.45, 7) is 2.10. The second-order valence-electron chi connectivity index (χ2n) is 5.41. The quantitative estimate of drug-likeness (QED) is 0.816. The summed E-state index contributed by atoms with van der Waals surface area (Å²) in [5, 5.41) is 13.8. The van der Waals surface area contributed by atoms with Gasteiger partial charge in [-0.3, -0.25) is 14.6 Å². The van der Waals surface area contributed by atoms with Crippen molar-refractivity contribution in [1.29, 1.82) is 0 Å². The lowest BCUT2D eigenvalue weighted by atomic mass is 10.2. The van der Waals surface area contributed by atoms with Crippen LogP contribution in [0.4, 0.5) is 0 Å². The average Bonchev–Trinajstić information content (AvgIpc) is 3.13. The monoisotopic (exact) mass is 314 g/mol. The van der Waals surface area contributed by atoms with Crippen LogP contribution in [0, 0.1) is 0 Å². The van der Waals surface area contributed by atoms with Gasteiger partial charge in [-0.2, -0.15) is 0 Å². The number of hydrogen-bond donors (Lipinski definition) is 2. The molecule has 2 amide bonds. The Labute approximate surface area is 133 Å². The molecular weight excluding hydrogens is 296 g/mol. The van der Waals surface area contributed by atoms with E-state index < -0.39 is 0 Å². The van der Waals surface area contributed by atoms with Crippen LogP contribution >= 0.6 is 0 Å². The molecule has 1 aliphatic rings. The minimum atomic E-state index is -0.340. The van der Waals surface area contributed by atoms with Crippen molar-refractivity contribution in [3.8, 4) is 0 Å². The van der Waals surface area contributed by atoms with Crippen molar-refractivity contribution in [2.24, 2.45) is 0 Å². The molecule has 1 unspecified atom stereocenters. The van der Waals surface area contributed by atoms with Gasteiger partial charge in [-0.05, 0) is 18.6 Å². The van der Waals surface area contributed by atoms with E-state index in [0.717, 1.165) is 11.5 Å². The number of carbonyl (C=O) groups excluding carboxylic acids is 2. The number of nitrogens with zero attached hydrogens (tertiary/aromatic N) is 4. The van der Waals surface area contributed by atoms with Crippen LogP contribution in [0.1, 0.15) is 36.7 Å². The van der Waals surface area contributed by atoms with Gasteiger partial charge in [-0.25, -0.2) is 0 Å². The fourth-order valence-corrected chi connectivity index (χ4v) is 2.66. The minimum Gasteiger partial charge on any atom is -0.349 e. The van der Waals surface area contributed by atoms with Crippen molar-refractivity contribution < 1.29 is 9.59 Å². The number of amides is 2. The molecule has 0 aromatic carbocycles. The van der Waals surface area contributed by atoms with Crippen molar-refractivity contribution in [2.45, 2.75) is 38.9 Å². The van der Waals surface area contributed by atoms with E-state index in [2.05, 4.69) is 25.8 Å². The highest BCUT2D eigenvalue weighted by atomic mass is 16.2. The van der Waals surface area contributed by atoms with Crippen LogP contribution in [0.2, 0.25) is 0 Å². The van der Waals surface area contributed by atoms with Crippen LogP contribution < -0.4 is 10.6 Å². The van der Waals surface area contributed by atoms with Crippen molar-refractivity contribution >= 4 is 11.8 Å². The Balaban J connectivity index is 1.67. The standard InChI is InChI=1S/C15H18N6O2/c1-10(22)17-9-14-20-19-13-6-5-12(21(13)14)15(23)18-8-11-4-2-3-7-16-11/h2-4,7,12H,5-6,8-9H2,1H3,(H,17,22)(H,18,23). The largest absolute Gasteiger partial charge is 0.349 e. The summed E-state index contributed by atoms with van der Waals surface area (Å²) in [4.78, 5) is 27.7. The van der Waals surface area contributed by atoms with Gasteiger partial charge < -0.3 is 15.2 Å². The third kappa shape index (κ3) is 3.36. The van der Waals surface area contributed by atoms with Crippen LogP contribution in [0.25, 0.3) is 0 Å². The maximum Gasteiger partial charge on any atom is 0.243 e. The number of pyridine rings is 1. The SMILES string of the molecule is CC(=O)NCc1nnc2n1C(C(=O)NCc1ccccn1)CC2. The van der Waals surface area contributed by atoms with Gasteiger partial charge in [0, 0.05) is 19.5 Å². The number of aromatic nitrogens is 4. The predicted octanol–water partition coefficient (Wildman–Crippen LogP) is 0.113. The van der Waals surface area contributed by atoms with Gasteiger partial charge in [-0.1, -0.05) is 6.07 Å². The van der Waals surface area contributed by atoms with Crippen LogP contribution in [0.15, 0.2) is 24.4 Å². The summed E-state index contributed by atoms with van der Waals surface area (Å²) in [6, 6.07) is 5.24. The normalized spacial score (nSPS) is 16.0. The summed E-state index contributed by atoms with van der Waals surface area (Å²) in [6.07, 6.45) is 3.08. The molecule has 0 spiro atoms. The smallest absolute Gasteiger partial charge is 0.243 e. The maximum absolute atomic E-state index is 12.5. The number of rotatable bonds is 5. The van der Waals surface area contributed by atoms with Crippen molar-refractivity contribution in [1.82, 2.24) is 30.4 Å². The van der Waals surface area contributed by atoms with E-state index >= 15 is 0 Å². The van der Waals surface area contributed by atoms with Gasteiger partial charge >= 0.3 is 0 Å². The van der Waals surface area contributed by atoms with Crippen molar-refractivity contribution in [3.63, 3.8) is 0 Å². The number of fused-ring (bicyclic) bond motifs is 1. The fraction of sp³-hybridized carbons (Fsp3) is 0.400. The summed E-state index contributed by atoms with van der Waals surface area (Å²) in [5.74, 6) is 1.16. The molecule has 8 nitrogen and oxygen atoms in total. The average molecular weight is 314 g/mol. The third-order valence-electron chi connectivity index (χ3n) is 3.76. The summed E-state index contributed by atoms with van der Waals surface area (Å²) in [5.41, 5.74) is 0.807.